The van der Waals surface area contributed by atoms with E-state index < -0.39 is 23.8 Å². The van der Waals surface area contributed by atoms with Gasteiger partial charge in [0.2, 0.25) is 12.7 Å². The predicted octanol–water partition coefficient (Wildman–Crippen LogP) is 3.00. The predicted molar refractivity (Wildman–Crippen MR) is 154 cm³/mol. The molecule has 224 valence electrons. The molecule has 0 aliphatic carbocycles. The second-order valence-corrected chi connectivity index (χ2v) is 10.8. The van der Waals surface area contributed by atoms with Crippen LogP contribution in [0.5, 0.6) is 17.2 Å². The first kappa shape index (κ1) is 30.6. The van der Waals surface area contributed by atoms with Gasteiger partial charge in [0, 0.05) is 37.2 Å². The number of para-hydroxylation sites is 1. The summed E-state index contributed by atoms with van der Waals surface area (Å²) in [5.74, 6) is -0.346. The van der Waals surface area contributed by atoms with Crippen molar-refractivity contribution < 1.29 is 34.0 Å². The molecule has 0 radical (unpaired) electrons. The Morgan fingerprint density at radius 3 is 2.63 bits per heavy atom. The van der Waals surface area contributed by atoms with Crippen LogP contribution in [-0.4, -0.2) is 84.6 Å². The van der Waals surface area contributed by atoms with Gasteiger partial charge in [0.05, 0.1) is 26.2 Å². The lowest BCUT2D eigenvalue weighted by molar-refractivity contribution is -0.143. The van der Waals surface area contributed by atoms with Crippen molar-refractivity contribution in [1.29, 1.82) is 0 Å². The lowest BCUT2D eigenvalue weighted by Crippen LogP contribution is -2.45. The summed E-state index contributed by atoms with van der Waals surface area (Å²) in [6.07, 6.45) is 3.73. The molecule has 2 aliphatic heterocycles. The zero-order valence-electron chi connectivity index (χ0n) is 24.1. The molecular formula is C31H43N3O7. The van der Waals surface area contributed by atoms with Crippen molar-refractivity contribution in [2.75, 3.05) is 46.6 Å². The Kier molecular flexibility index (Phi) is 10.8. The number of amides is 1. The van der Waals surface area contributed by atoms with E-state index in [4.69, 9.17) is 19.9 Å². The van der Waals surface area contributed by atoms with Gasteiger partial charge < -0.3 is 35.1 Å². The SMILES string of the molecule is CCCCN(CCCN)C(=O)CN1C[C@H](c2cc(CO)c3c(c2)OCO3)[C@@H](C(=O)O)[C@@H]1CCc1ccccc1OC. The largest absolute Gasteiger partial charge is 0.496 e. The summed E-state index contributed by atoms with van der Waals surface area (Å²) in [6, 6.07) is 11.0. The number of carboxylic acids is 1. The first-order valence-corrected chi connectivity index (χ1v) is 14.5. The van der Waals surface area contributed by atoms with Gasteiger partial charge in [-0.1, -0.05) is 31.5 Å². The first-order valence-electron chi connectivity index (χ1n) is 14.5. The molecule has 4 N–H and O–H groups in total. The molecule has 0 saturated carbocycles. The number of carboxylic acid groups (broad SMARTS) is 1. The number of methoxy groups -OCH3 is 1. The van der Waals surface area contributed by atoms with Crippen molar-refractivity contribution in [3.05, 3.63) is 53.1 Å². The molecule has 1 fully saturated rings. The lowest BCUT2D eigenvalue weighted by Gasteiger charge is -2.30. The lowest BCUT2D eigenvalue weighted by atomic mass is 9.82. The van der Waals surface area contributed by atoms with Gasteiger partial charge in [-0.15, -0.1) is 0 Å². The molecular weight excluding hydrogens is 526 g/mol. The second-order valence-electron chi connectivity index (χ2n) is 10.8. The second kappa shape index (κ2) is 14.5. The van der Waals surface area contributed by atoms with E-state index in [1.807, 2.05) is 46.2 Å². The number of nitrogens with two attached hydrogens (primary N) is 1. The van der Waals surface area contributed by atoms with Gasteiger partial charge in [0.1, 0.15) is 5.75 Å². The summed E-state index contributed by atoms with van der Waals surface area (Å²) in [4.78, 5) is 30.4. The molecule has 0 aromatic heterocycles. The summed E-state index contributed by atoms with van der Waals surface area (Å²) in [7, 11) is 1.63. The third kappa shape index (κ3) is 7.12. The zero-order valence-corrected chi connectivity index (χ0v) is 24.1. The normalized spacial score (nSPS) is 19.9. The third-order valence-corrected chi connectivity index (χ3v) is 8.21. The maximum absolute atomic E-state index is 13.6. The monoisotopic (exact) mass is 569 g/mol. The molecule has 4 rings (SSSR count). The van der Waals surface area contributed by atoms with Crippen LogP contribution >= 0.6 is 0 Å². The molecule has 10 nitrogen and oxygen atoms in total. The number of likely N-dealkylation sites (tertiary alicyclic amines) is 1. The molecule has 41 heavy (non-hydrogen) atoms. The molecule has 1 amide bonds. The van der Waals surface area contributed by atoms with Gasteiger partial charge in [0.15, 0.2) is 11.5 Å². The quantitative estimate of drug-likeness (QED) is 0.296. The van der Waals surface area contributed by atoms with Gasteiger partial charge in [-0.3, -0.25) is 14.5 Å². The Hall–Kier alpha value is -3.34. The standard InChI is InChI=1S/C31H43N3O7/c1-3-4-13-33(14-7-12-32)28(36)18-34-17-24(22-15-23(19-35)30-27(16-22)40-20-41-30)29(31(37)38)25(34)11-10-21-8-5-6-9-26(21)39-2/h5-6,8-9,15-16,24-25,29,35H,3-4,7,10-14,17-20,32H2,1-2H3,(H,37,38)/t24-,25+,29-/m1/s1. The van der Waals surface area contributed by atoms with E-state index in [0.717, 1.165) is 29.7 Å². The number of carbonyl (C=O) groups excluding carboxylic acids is 1. The van der Waals surface area contributed by atoms with E-state index in [0.29, 0.717) is 62.5 Å². The fourth-order valence-corrected chi connectivity index (χ4v) is 6.11. The van der Waals surface area contributed by atoms with Crippen LogP contribution < -0.4 is 19.9 Å². The topological polar surface area (TPSA) is 135 Å². The summed E-state index contributed by atoms with van der Waals surface area (Å²) >= 11 is 0. The smallest absolute Gasteiger partial charge is 0.308 e. The highest BCUT2D eigenvalue weighted by molar-refractivity contribution is 5.79. The van der Waals surface area contributed by atoms with E-state index in [1.165, 1.54) is 0 Å². The van der Waals surface area contributed by atoms with E-state index in [9.17, 15) is 19.8 Å². The highest BCUT2D eigenvalue weighted by Crippen LogP contribution is 2.45. The number of aryl methyl sites for hydroxylation is 1. The van der Waals surface area contributed by atoms with Crippen molar-refractivity contribution in [3.8, 4) is 17.2 Å². The van der Waals surface area contributed by atoms with Crippen LogP contribution in [0.2, 0.25) is 0 Å². The van der Waals surface area contributed by atoms with Crippen molar-refractivity contribution in [2.45, 2.75) is 57.6 Å². The maximum atomic E-state index is 13.6. The molecule has 10 heteroatoms. The van der Waals surface area contributed by atoms with Gasteiger partial charge in [-0.2, -0.15) is 0 Å². The Labute approximate surface area is 242 Å². The number of nitrogens with zero attached hydrogens (tertiary/aromatic N) is 2. The Morgan fingerprint density at radius 1 is 1.15 bits per heavy atom. The molecule has 2 heterocycles. The van der Waals surface area contributed by atoms with E-state index >= 15 is 0 Å². The Morgan fingerprint density at radius 2 is 1.93 bits per heavy atom. The number of rotatable bonds is 15. The summed E-state index contributed by atoms with van der Waals surface area (Å²) in [6.45, 7) is 4.15. The fourth-order valence-electron chi connectivity index (χ4n) is 6.11. The minimum absolute atomic E-state index is 0.0132. The molecule has 2 aromatic carbocycles. The number of hydrogen-bond acceptors (Lipinski definition) is 8. The number of ether oxygens (including phenoxy) is 3. The number of fused-ring (bicyclic) bond motifs is 1. The van der Waals surface area contributed by atoms with E-state index in [-0.39, 0.29) is 25.9 Å². The number of aliphatic hydroxyl groups excluding tert-OH is 1. The average molecular weight is 570 g/mol. The molecule has 0 bridgehead atoms. The Balaban J connectivity index is 1.66. The highest BCUT2D eigenvalue weighted by Gasteiger charge is 2.47. The van der Waals surface area contributed by atoms with E-state index in [1.54, 1.807) is 7.11 Å². The van der Waals surface area contributed by atoms with Crippen LogP contribution in [0.15, 0.2) is 36.4 Å². The van der Waals surface area contributed by atoms with Crippen molar-refractivity contribution in [2.24, 2.45) is 11.7 Å². The number of benzene rings is 2. The first-order chi connectivity index (χ1) is 19.9. The minimum atomic E-state index is -0.913. The third-order valence-electron chi connectivity index (χ3n) is 8.21. The van der Waals surface area contributed by atoms with Crippen LogP contribution in [0, 0.1) is 5.92 Å². The molecule has 2 aliphatic rings. The van der Waals surface area contributed by atoms with Gasteiger partial charge >= 0.3 is 5.97 Å². The summed E-state index contributed by atoms with van der Waals surface area (Å²) < 4.78 is 16.7. The van der Waals surface area contributed by atoms with Gasteiger partial charge in [-0.25, -0.2) is 0 Å². The number of hydrogen-bond donors (Lipinski definition) is 3. The van der Waals surface area contributed by atoms with Crippen molar-refractivity contribution >= 4 is 11.9 Å². The number of unbranched alkanes of at least 4 members (excludes halogenated alkanes) is 1. The van der Waals surface area contributed by atoms with Crippen LogP contribution in [0.1, 0.15) is 55.2 Å². The Bertz CT molecular complexity index is 1180. The molecule has 0 spiro atoms. The van der Waals surface area contributed by atoms with Crippen LogP contribution in [-0.2, 0) is 22.6 Å². The fraction of sp³-hybridized carbons (Fsp3) is 0.548. The summed E-state index contributed by atoms with van der Waals surface area (Å²) in [5.41, 5.74) is 8.06. The van der Waals surface area contributed by atoms with Gasteiger partial charge in [0.25, 0.3) is 0 Å². The maximum Gasteiger partial charge on any atom is 0.308 e. The van der Waals surface area contributed by atoms with Crippen LogP contribution in [0.4, 0.5) is 0 Å². The minimum Gasteiger partial charge on any atom is -0.496 e. The number of aliphatic hydroxyl groups is 1. The molecule has 0 unspecified atom stereocenters. The number of carbonyl (C=O) groups is 2. The van der Waals surface area contributed by atoms with Crippen LogP contribution in [0.25, 0.3) is 0 Å². The number of aliphatic carboxylic acids is 1. The van der Waals surface area contributed by atoms with Crippen molar-refractivity contribution in [3.63, 3.8) is 0 Å². The van der Waals surface area contributed by atoms with Gasteiger partial charge in [-0.05, 0) is 61.6 Å². The highest BCUT2D eigenvalue weighted by atomic mass is 16.7. The van der Waals surface area contributed by atoms with E-state index in [2.05, 4.69) is 6.92 Å². The molecule has 3 atom stereocenters. The molecule has 1 saturated heterocycles. The van der Waals surface area contributed by atoms with Crippen LogP contribution in [0.3, 0.4) is 0 Å². The average Bonchev–Trinajstić information content (AvgIpc) is 3.60. The van der Waals surface area contributed by atoms with Crippen molar-refractivity contribution in [1.82, 2.24) is 9.80 Å². The summed E-state index contributed by atoms with van der Waals surface area (Å²) in [5, 5.41) is 20.6. The zero-order chi connectivity index (χ0) is 29.4. The molecule has 2 aromatic rings.